The molecule has 0 unspecified atom stereocenters. The summed E-state index contributed by atoms with van der Waals surface area (Å²) in [5.74, 6) is 0.569. The summed E-state index contributed by atoms with van der Waals surface area (Å²) in [6.07, 6.45) is 3.85. The number of aliphatic hydroxyl groups is 1. The van der Waals surface area contributed by atoms with Gasteiger partial charge in [-0.2, -0.15) is 0 Å². The standard InChI is InChI=1S/C14H21NO2/c1-5-6-7-17-13-9-11(10-16)8-12(15-13)14(2,3)4/h5-6,8-9,16H,7,10H2,1-4H3/b6-5+. The normalized spacial score (nSPS) is 12.1. The number of ether oxygens (including phenoxy) is 1. The van der Waals surface area contributed by atoms with E-state index in [1.165, 1.54) is 0 Å². The van der Waals surface area contributed by atoms with Crippen molar-refractivity contribution in [1.82, 2.24) is 4.98 Å². The second-order valence-corrected chi connectivity index (χ2v) is 4.99. The average Bonchev–Trinajstić information content (AvgIpc) is 2.28. The van der Waals surface area contributed by atoms with Crippen LogP contribution in [0.5, 0.6) is 5.88 Å². The lowest BCUT2D eigenvalue weighted by Crippen LogP contribution is -2.15. The predicted octanol–water partition coefficient (Wildman–Crippen LogP) is 2.83. The minimum atomic E-state index is -0.0517. The van der Waals surface area contributed by atoms with E-state index in [1.807, 2.05) is 25.1 Å². The number of aliphatic hydroxyl groups excluding tert-OH is 1. The molecule has 0 bridgehead atoms. The molecule has 0 fully saturated rings. The smallest absolute Gasteiger partial charge is 0.214 e. The molecule has 1 aromatic rings. The number of aromatic nitrogens is 1. The largest absolute Gasteiger partial charge is 0.473 e. The molecule has 0 radical (unpaired) electrons. The fourth-order valence-electron chi connectivity index (χ4n) is 1.34. The molecule has 1 N–H and O–H groups in total. The van der Waals surface area contributed by atoms with Gasteiger partial charge in [0.25, 0.3) is 0 Å². The van der Waals surface area contributed by atoms with E-state index in [0.29, 0.717) is 12.5 Å². The maximum Gasteiger partial charge on any atom is 0.214 e. The van der Waals surface area contributed by atoms with Crippen molar-refractivity contribution in [2.45, 2.75) is 39.7 Å². The molecule has 1 heterocycles. The molecule has 0 atom stereocenters. The summed E-state index contributed by atoms with van der Waals surface area (Å²) in [6, 6.07) is 3.70. The fraction of sp³-hybridized carbons (Fsp3) is 0.500. The van der Waals surface area contributed by atoms with Gasteiger partial charge in [0, 0.05) is 11.5 Å². The van der Waals surface area contributed by atoms with Crippen LogP contribution in [0.4, 0.5) is 0 Å². The molecule has 94 valence electrons. The molecule has 0 aliphatic rings. The Morgan fingerprint density at radius 1 is 1.35 bits per heavy atom. The van der Waals surface area contributed by atoms with Crippen LogP contribution in [0.3, 0.4) is 0 Å². The van der Waals surface area contributed by atoms with Crippen molar-refractivity contribution in [2.75, 3.05) is 6.61 Å². The van der Waals surface area contributed by atoms with Crippen LogP contribution in [0.1, 0.15) is 39.0 Å². The van der Waals surface area contributed by atoms with E-state index in [-0.39, 0.29) is 12.0 Å². The minimum absolute atomic E-state index is 0.00553. The van der Waals surface area contributed by atoms with Crippen molar-refractivity contribution in [1.29, 1.82) is 0 Å². The molecule has 3 heteroatoms. The first-order chi connectivity index (χ1) is 7.97. The Kier molecular flexibility index (Phi) is 4.70. The molecular formula is C14H21NO2. The lowest BCUT2D eigenvalue weighted by atomic mass is 9.91. The molecule has 3 nitrogen and oxygen atoms in total. The van der Waals surface area contributed by atoms with Crippen LogP contribution in [0.25, 0.3) is 0 Å². The molecular weight excluding hydrogens is 214 g/mol. The molecule has 0 aliphatic carbocycles. The lowest BCUT2D eigenvalue weighted by molar-refractivity contribution is 0.279. The molecule has 0 amide bonds. The van der Waals surface area contributed by atoms with Gasteiger partial charge in [0.05, 0.1) is 12.3 Å². The summed E-state index contributed by atoms with van der Waals surface area (Å²) in [5.41, 5.74) is 1.71. The van der Waals surface area contributed by atoms with Gasteiger partial charge in [-0.25, -0.2) is 4.98 Å². The summed E-state index contributed by atoms with van der Waals surface area (Å²) < 4.78 is 5.52. The van der Waals surface area contributed by atoms with E-state index >= 15 is 0 Å². The maximum absolute atomic E-state index is 9.23. The quantitative estimate of drug-likeness (QED) is 0.816. The van der Waals surface area contributed by atoms with Gasteiger partial charge >= 0.3 is 0 Å². The number of nitrogens with zero attached hydrogens (tertiary/aromatic N) is 1. The third kappa shape index (κ3) is 4.19. The Morgan fingerprint density at radius 3 is 2.59 bits per heavy atom. The first-order valence-corrected chi connectivity index (χ1v) is 5.83. The highest BCUT2D eigenvalue weighted by Gasteiger charge is 2.17. The van der Waals surface area contributed by atoms with Crippen LogP contribution in [-0.4, -0.2) is 16.7 Å². The van der Waals surface area contributed by atoms with Crippen molar-refractivity contribution in [2.24, 2.45) is 0 Å². The van der Waals surface area contributed by atoms with Crippen LogP contribution < -0.4 is 4.74 Å². The van der Waals surface area contributed by atoms with Crippen molar-refractivity contribution >= 4 is 0 Å². The Morgan fingerprint density at radius 2 is 2.06 bits per heavy atom. The van der Waals surface area contributed by atoms with E-state index in [4.69, 9.17) is 4.74 Å². The third-order valence-corrected chi connectivity index (χ3v) is 2.38. The molecule has 0 aliphatic heterocycles. The van der Waals surface area contributed by atoms with E-state index in [9.17, 15) is 5.11 Å². The molecule has 0 spiro atoms. The molecule has 17 heavy (non-hydrogen) atoms. The van der Waals surface area contributed by atoms with Gasteiger partial charge in [-0.15, -0.1) is 0 Å². The molecule has 0 saturated carbocycles. The lowest BCUT2D eigenvalue weighted by Gasteiger charge is -2.19. The van der Waals surface area contributed by atoms with Crippen molar-refractivity contribution in [3.05, 3.63) is 35.5 Å². The van der Waals surface area contributed by atoms with Gasteiger partial charge in [0.2, 0.25) is 5.88 Å². The van der Waals surface area contributed by atoms with Gasteiger partial charge < -0.3 is 9.84 Å². The maximum atomic E-state index is 9.23. The van der Waals surface area contributed by atoms with Crippen LogP contribution in [0, 0.1) is 0 Å². The first kappa shape index (κ1) is 13.7. The highest BCUT2D eigenvalue weighted by molar-refractivity contribution is 5.28. The Hall–Kier alpha value is -1.35. The molecule has 1 rings (SSSR count). The van der Waals surface area contributed by atoms with E-state index in [1.54, 1.807) is 6.07 Å². The SMILES string of the molecule is C/C=C/COc1cc(CO)cc(C(C)(C)C)n1. The van der Waals surface area contributed by atoms with Gasteiger partial charge in [0.1, 0.15) is 6.61 Å². The minimum Gasteiger partial charge on any atom is -0.473 e. The topological polar surface area (TPSA) is 42.4 Å². The predicted molar refractivity (Wildman–Crippen MR) is 69.2 cm³/mol. The number of hydrogen-bond donors (Lipinski definition) is 1. The van der Waals surface area contributed by atoms with Gasteiger partial charge in [-0.1, -0.05) is 32.9 Å². The highest BCUT2D eigenvalue weighted by atomic mass is 16.5. The zero-order valence-corrected chi connectivity index (χ0v) is 11.0. The second kappa shape index (κ2) is 5.82. The second-order valence-electron chi connectivity index (χ2n) is 4.99. The Bertz CT molecular complexity index is 392. The summed E-state index contributed by atoms with van der Waals surface area (Å²) in [5, 5.41) is 9.23. The van der Waals surface area contributed by atoms with Gasteiger partial charge in [-0.3, -0.25) is 0 Å². The highest BCUT2D eigenvalue weighted by Crippen LogP contribution is 2.24. The van der Waals surface area contributed by atoms with Crippen molar-refractivity contribution in [3.8, 4) is 5.88 Å². The number of hydrogen-bond acceptors (Lipinski definition) is 3. The zero-order valence-electron chi connectivity index (χ0n) is 11.0. The summed E-state index contributed by atoms with van der Waals surface area (Å²) in [7, 11) is 0. The van der Waals surface area contributed by atoms with E-state index in [0.717, 1.165) is 11.3 Å². The van der Waals surface area contributed by atoms with Crippen LogP contribution >= 0.6 is 0 Å². The number of pyridine rings is 1. The summed E-state index contributed by atoms with van der Waals surface area (Å²) in [6.45, 7) is 8.72. The molecule has 0 aromatic carbocycles. The molecule has 1 aromatic heterocycles. The zero-order chi connectivity index (χ0) is 12.9. The number of allylic oxidation sites excluding steroid dienone is 1. The van der Waals surface area contributed by atoms with Crippen LogP contribution in [0.15, 0.2) is 24.3 Å². The monoisotopic (exact) mass is 235 g/mol. The van der Waals surface area contributed by atoms with Crippen LogP contribution in [-0.2, 0) is 12.0 Å². The fourth-order valence-corrected chi connectivity index (χ4v) is 1.34. The third-order valence-electron chi connectivity index (χ3n) is 2.38. The van der Waals surface area contributed by atoms with E-state index < -0.39 is 0 Å². The molecule has 0 saturated heterocycles. The van der Waals surface area contributed by atoms with E-state index in [2.05, 4.69) is 25.8 Å². The van der Waals surface area contributed by atoms with Crippen molar-refractivity contribution < 1.29 is 9.84 Å². The Labute approximate surface area is 103 Å². The number of rotatable bonds is 4. The first-order valence-electron chi connectivity index (χ1n) is 5.83. The Balaban J connectivity index is 2.97. The van der Waals surface area contributed by atoms with Crippen molar-refractivity contribution in [3.63, 3.8) is 0 Å². The summed E-state index contributed by atoms with van der Waals surface area (Å²) in [4.78, 5) is 4.46. The summed E-state index contributed by atoms with van der Waals surface area (Å²) >= 11 is 0. The van der Waals surface area contributed by atoms with Gasteiger partial charge in [-0.05, 0) is 18.6 Å². The van der Waals surface area contributed by atoms with Crippen LogP contribution in [0.2, 0.25) is 0 Å². The average molecular weight is 235 g/mol. The van der Waals surface area contributed by atoms with Gasteiger partial charge in [0.15, 0.2) is 0 Å².